The van der Waals surface area contributed by atoms with Gasteiger partial charge in [-0.15, -0.1) is 0 Å². The molecule has 0 spiro atoms. The number of aromatic nitrogens is 1. The molecule has 5 nitrogen and oxygen atoms in total. The Labute approximate surface area is 204 Å². The van der Waals surface area contributed by atoms with Crippen LogP contribution in [0.25, 0.3) is 0 Å². The van der Waals surface area contributed by atoms with Crippen molar-refractivity contribution in [3.63, 3.8) is 0 Å². The summed E-state index contributed by atoms with van der Waals surface area (Å²) < 4.78 is 0.812. The topological polar surface area (TPSA) is 65.2 Å². The maximum absolute atomic E-state index is 13.1. The number of carbonyl (C=O) groups is 1. The molecule has 1 aromatic heterocycles. The summed E-state index contributed by atoms with van der Waals surface area (Å²) in [5.41, 5.74) is 3.33. The van der Waals surface area contributed by atoms with Crippen LogP contribution in [0.15, 0.2) is 27.5 Å². The minimum absolute atomic E-state index is 0.150. The molecule has 1 heterocycles. The Kier molecular flexibility index (Phi) is 8.45. The van der Waals surface area contributed by atoms with Crippen molar-refractivity contribution in [3.05, 3.63) is 60.4 Å². The van der Waals surface area contributed by atoms with Gasteiger partial charge in [-0.2, -0.15) is 0 Å². The van der Waals surface area contributed by atoms with E-state index in [1.807, 2.05) is 26.0 Å². The molecule has 1 aliphatic rings. The molecule has 0 aliphatic heterocycles. The summed E-state index contributed by atoms with van der Waals surface area (Å²) in [6.07, 6.45) is 6.00. The number of anilines is 1. The SMILES string of the molecule is CCN(c1cc(Br)cc(C(=O)NCc2c(C)cc(C)[nH]c2=O)c1Cl)[C@H]1CC[C@H](CC)CC1. The number of benzene rings is 1. The molecule has 2 N–H and O–H groups in total. The van der Waals surface area contributed by atoms with Crippen molar-refractivity contribution in [2.45, 2.75) is 72.4 Å². The van der Waals surface area contributed by atoms with Gasteiger partial charge in [-0.3, -0.25) is 9.59 Å². The van der Waals surface area contributed by atoms with Crippen LogP contribution < -0.4 is 15.8 Å². The predicted octanol–water partition coefficient (Wildman–Crippen LogP) is 6.13. The third kappa shape index (κ3) is 5.57. The Morgan fingerprint density at radius 1 is 1.19 bits per heavy atom. The van der Waals surface area contributed by atoms with Gasteiger partial charge in [0.2, 0.25) is 0 Å². The molecule has 2 aromatic rings. The largest absolute Gasteiger partial charge is 0.368 e. The van der Waals surface area contributed by atoms with Crippen molar-refractivity contribution in [2.24, 2.45) is 5.92 Å². The number of nitrogens with one attached hydrogen (secondary N) is 2. The number of halogens is 2. The van der Waals surface area contributed by atoms with Crippen LogP contribution >= 0.6 is 27.5 Å². The predicted molar refractivity (Wildman–Crippen MR) is 136 cm³/mol. The number of pyridine rings is 1. The number of hydrogen-bond donors (Lipinski definition) is 2. The van der Waals surface area contributed by atoms with Gasteiger partial charge in [0, 0.05) is 34.9 Å². The minimum atomic E-state index is -0.289. The number of H-pyrrole nitrogens is 1. The maximum atomic E-state index is 13.1. The summed E-state index contributed by atoms with van der Waals surface area (Å²) in [6.45, 7) is 9.10. The van der Waals surface area contributed by atoms with Crippen LogP contribution in [0.4, 0.5) is 5.69 Å². The maximum Gasteiger partial charge on any atom is 0.253 e. The zero-order chi connectivity index (χ0) is 23.4. The molecule has 1 fully saturated rings. The van der Waals surface area contributed by atoms with Crippen molar-refractivity contribution >= 4 is 39.1 Å². The highest BCUT2D eigenvalue weighted by Crippen LogP contribution is 2.38. The number of aryl methyl sites for hydroxylation is 2. The number of rotatable bonds is 7. The third-order valence-electron chi connectivity index (χ3n) is 6.67. The first-order valence-electron chi connectivity index (χ1n) is 11.5. The van der Waals surface area contributed by atoms with Gasteiger partial charge < -0.3 is 15.2 Å². The van der Waals surface area contributed by atoms with E-state index >= 15 is 0 Å². The van der Waals surface area contributed by atoms with Gasteiger partial charge in [-0.1, -0.05) is 40.9 Å². The fraction of sp³-hybridized carbons (Fsp3) is 0.520. The summed E-state index contributed by atoms with van der Waals surface area (Å²) in [7, 11) is 0. The fourth-order valence-electron chi connectivity index (χ4n) is 4.80. The zero-order valence-corrected chi connectivity index (χ0v) is 21.7. The lowest BCUT2D eigenvalue weighted by Gasteiger charge is -2.38. The first-order valence-corrected chi connectivity index (χ1v) is 12.6. The standard InChI is InChI=1S/C25H33BrClN3O2/c1-5-17-7-9-19(10-8-17)30(6-2)22-13-18(26)12-20(23(22)27)24(31)28-14-21-15(3)11-16(4)29-25(21)32/h11-13,17,19H,5-10,14H2,1-4H3,(H,28,31)(H,29,32)/t17-,19-. The van der Waals surface area contributed by atoms with Crippen LogP contribution in [0.5, 0.6) is 0 Å². The van der Waals surface area contributed by atoms with Gasteiger partial charge in [-0.05, 0) is 76.1 Å². The lowest BCUT2D eigenvalue weighted by atomic mass is 9.83. The van der Waals surface area contributed by atoms with E-state index in [-0.39, 0.29) is 18.0 Å². The van der Waals surface area contributed by atoms with Gasteiger partial charge in [0.05, 0.1) is 16.3 Å². The molecule has 1 aliphatic carbocycles. The van der Waals surface area contributed by atoms with E-state index in [0.29, 0.717) is 22.2 Å². The highest BCUT2D eigenvalue weighted by atomic mass is 79.9. The second-order valence-corrected chi connectivity index (χ2v) is 10.1. The lowest BCUT2D eigenvalue weighted by Crippen LogP contribution is -2.38. The molecule has 0 unspecified atom stereocenters. The molecule has 174 valence electrons. The molecule has 0 bridgehead atoms. The van der Waals surface area contributed by atoms with Crippen molar-refractivity contribution < 1.29 is 4.79 Å². The Bertz CT molecular complexity index is 1030. The van der Waals surface area contributed by atoms with E-state index < -0.39 is 0 Å². The number of carbonyl (C=O) groups excluding carboxylic acids is 1. The first kappa shape index (κ1) is 24.8. The van der Waals surface area contributed by atoms with E-state index in [2.05, 4.69) is 45.0 Å². The van der Waals surface area contributed by atoms with Crippen LogP contribution in [-0.2, 0) is 6.54 Å². The number of aromatic amines is 1. The summed E-state index contributed by atoms with van der Waals surface area (Å²) in [5, 5.41) is 3.34. The molecular formula is C25H33BrClN3O2. The molecule has 0 saturated heterocycles. The van der Waals surface area contributed by atoms with Crippen molar-refractivity contribution in [3.8, 4) is 0 Å². The highest BCUT2D eigenvalue weighted by molar-refractivity contribution is 9.10. The smallest absolute Gasteiger partial charge is 0.253 e. The summed E-state index contributed by atoms with van der Waals surface area (Å²) in [6, 6.07) is 6.08. The molecular weight excluding hydrogens is 490 g/mol. The summed E-state index contributed by atoms with van der Waals surface area (Å²) in [4.78, 5) is 30.5. The molecule has 7 heteroatoms. The molecule has 3 rings (SSSR count). The van der Waals surface area contributed by atoms with Gasteiger partial charge in [-0.25, -0.2) is 0 Å². The van der Waals surface area contributed by atoms with E-state index in [1.165, 1.54) is 19.3 Å². The average molecular weight is 523 g/mol. The third-order valence-corrected chi connectivity index (χ3v) is 7.52. The van der Waals surface area contributed by atoms with Gasteiger partial charge in [0.25, 0.3) is 11.5 Å². The van der Waals surface area contributed by atoms with Gasteiger partial charge >= 0.3 is 0 Å². The Balaban J connectivity index is 1.82. The minimum Gasteiger partial charge on any atom is -0.368 e. The average Bonchev–Trinajstić information content (AvgIpc) is 2.75. The monoisotopic (exact) mass is 521 g/mol. The van der Waals surface area contributed by atoms with Crippen molar-refractivity contribution in [1.29, 1.82) is 0 Å². The van der Waals surface area contributed by atoms with E-state index in [9.17, 15) is 9.59 Å². The molecule has 0 atom stereocenters. The molecule has 0 radical (unpaired) electrons. The van der Waals surface area contributed by atoms with Gasteiger partial charge in [0.15, 0.2) is 0 Å². The Morgan fingerprint density at radius 3 is 2.47 bits per heavy atom. The summed E-state index contributed by atoms with van der Waals surface area (Å²) >= 11 is 10.4. The molecule has 32 heavy (non-hydrogen) atoms. The van der Waals surface area contributed by atoms with Crippen LogP contribution in [0, 0.1) is 19.8 Å². The van der Waals surface area contributed by atoms with E-state index in [1.54, 1.807) is 6.07 Å². The summed E-state index contributed by atoms with van der Waals surface area (Å²) in [5.74, 6) is 0.528. The zero-order valence-electron chi connectivity index (χ0n) is 19.4. The fourth-order valence-corrected chi connectivity index (χ4v) is 5.55. The Morgan fingerprint density at radius 2 is 1.88 bits per heavy atom. The number of hydrogen-bond acceptors (Lipinski definition) is 3. The van der Waals surface area contributed by atoms with Crippen LogP contribution in [0.1, 0.15) is 73.1 Å². The molecule has 1 saturated carbocycles. The second-order valence-electron chi connectivity index (χ2n) is 8.78. The lowest BCUT2D eigenvalue weighted by molar-refractivity contribution is 0.0951. The van der Waals surface area contributed by atoms with Gasteiger partial charge in [0.1, 0.15) is 0 Å². The molecule has 1 amide bonds. The normalized spacial score (nSPS) is 18.4. The van der Waals surface area contributed by atoms with E-state index in [0.717, 1.165) is 46.7 Å². The van der Waals surface area contributed by atoms with Crippen LogP contribution in [0.3, 0.4) is 0 Å². The number of amides is 1. The first-order chi connectivity index (χ1) is 15.2. The van der Waals surface area contributed by atoms with Crippen LogP contribution in [0.2, 0.25) is 5.02 Å². The van der Waals surface area contributed by atoms with Crippen LogP contribution in [-0.4, -0.2) is 23.5 Å². The number of nitrogens with zero attached hydrogens (tertiary/aromatic N) is 1. The van der Waals surface area contributed by atoms with E-state index in [4.69, 9.17) is 11.6 Å². The van der Waals surface area contributed by atoms with Crippen molar-refractivity contribution in [1.82, 2.24) is 10.3 Å². The molecule has 1 aromatic carbocycles. The second kappa shape index (κ2) is 10.9. The Hall–Kier alpha value is -1.79. The quantitative estimate of drug-likeness (QED) is 0.459. The highest BCUT2D eigenvalue weighted by Gasteiger charge is 2.27. The van der Waals surface area contributed by atoms with Crippen molar-refractivity contribution in [2.75, 3.05) is 11.4 Å².